The summed E-state index contributed by atoms with van der Waals surface area (Å²) in [5.41, 5.74) is 2.15. The number of aliphatic carboxylic acids is 1. The van der Waals surface area contributed by atoms with Gasteiger partial charge in [-0.2, -0.15) is 5.10 Å². The van der Waals surface area contributed by atoms with E-state index in [1.165, 1.54) is 6.20 Å². The molecule has 0 saturated heterocycles. The molecule has 1 heterocycles. The second kappa shape index (κ2) is 6.89. The van der Waals surface area contributed by atoms with Crippen molar-refractivity contribution in [2.75, 3.05) is 0 Å². The summed E-state index contributed by atoms with van der Waals surface area (Å²) >= 11 is 0. The molecular formula is C16H19N3O3. The Labute approximate surface area is 128 Å². The fourth-order valence-electron chi connectivity index (χ4n) is 2.23. The largest absolute Gasteiger partial charge is 0.481 e. The first-order chi connectivity index (χ1) is 10.5. The van der Waals surface area contributed by atoms with Crippen LogP contribution in [0, 0.1) is 6.92 Å². The number of carboxylic acid groups (broad SMARTS) is 1. The van der Waals surface area contributed by atoms with E-state index in [9.17, 15) is 9.59 Å². The molecule has 0 fully saturated rings. The average Bonchev–Trinajstić information content (AvgIpc) is 2.84. The van der Waals surface area contributed by atoms with Gasteiger partial charge in [0.25, 0.3) is 5.91 Å². The van der Waals surface area contributed by atoms with E-state index in [2.05, 4.69) is 10.4 Å². The molecule has 0 aliphatic rings. The Morgan fingerprint density at radius 3 is 2.55 bits per heavy atom. The van der Waals surface area contributed by atoms with Gasteiger partial charge in [0.15, 0.2) is 0 Å². The second-order valence-corrected chi connectivity index (χ2v) is 5.14. The Morgan fingerprint density at radius 1 is 1.32 bits per heavy atom. The molecule has 2 rings (SSSR count). The van der Waals surface area contributed by atoms with Crippen LogP contribution in [0.4, 0.5) is 0 Å². The molecule has 6 heteroatoms. The standard InChI is InChI=1S/C16H19N3O3/c1-11-13(10-17-19(11)2)16(22)18-14(8-9-15(20)21)12-6-4-3-5-7-12/h3-7,10,14H,8-9H2,1-2H3,(H,18,22)(H,20,21). The van der Waals surface area contributed by atoms with Gasteiger partial charge in [0.2, 0.25) is 0 Å². The van der Waals surface area contributed by atoms with Crippen LogP contribution in [0.2, 0.25) is 0 Å². The molecule has 116 valence electrons. The molecule has 1 aromatic heterocycles. The van der Waals surface area contributed by atoms with Crippen LogP contribution in [-0.2, 0) is 11.8 Å². The Kier molecular flexibility index (Phi) is 4.93. The summed E-state index contributed by atoms with van der Waals surface area (Å²) in [6.45, 7) is 1.82. The van der Waals surface area contributed by atoms with Gasteiger partial charge >= 0.3 is 5.97 Å². The number of aryl methyl sites for hydroxylation is 1. The van der Waals surface area contributed by atoms with Gasteiger partial charge in [-0.3, -0.25) is 14.3 Å². The number of aromatic nitrogens is 2. The summed E-state index contributed by atoms with van der Waals surface area (Å²) in [5.74, 6) is -1.13. The molecule has 6 nitrogen and oxygen atoms in total. The second-order valence-electron chi connectivity index (χ2n) is 5.14. The number of rotatable bonds is 6. The van der Waals surface area contributed by atoms with Gasteiger partial charge in [-0.1, -0.05) is 30.3 Å². The van der Waals surface area contributed by atoms with E-state index in [0.29, 0.717) is 12.0 Å². The zero-order chi connectivity index (χ0) is 16.1. The molecule has 2 N–H and O–H groups in total. The molecule has 1 atom stereocenters. The van der Waals surface area contributed by atoms with E-state index in [1.807, 2.05) is 37.3 Å². The third-order valence-electron chi connectivity index (χ3n) is 3.63. The van der Waals surface area contributed by atoms with Gasteiger partial charge in [-0.25, -0.2) is 0 Å². The summed E-state index contributed by atoms with van der Waals surface area (Å²) in [7, 11) is 1.77. The molecule has 0 radical (unpaired) electrons. The summed E-state index contributed by atoms with van der Waals surface area (Å²) in [6, 6.07) is 9.02. The van der Waals surface area contributed by atoms with Crippen LogP contribution in [0.5, 0.6) is 0 Å². The van der Waals surface area contributed by atoms with Crippen molar-refractivity contribution in [3.63, 3.8) is 0 Å². The normalized spacial score (nSPS) is 11.9. The first-order valence-corrected chi connectivity index (χ1v) is 7.05. The van der Waals surface area contributed by atoms with Crippen molar-refractivity contribution in [1.82, 2.24) is 15.1 Å². The molecular weight excluding hydrogens is 282 g/mol. The van der Waals surface area contributed by atoms with Crippen LogP contribution >= 0.6 is 0 Å². The number of carbonyl (C=O) groups is 2. The van der Waals surface area contributed by atoms with Crippen LogP contribution in [-0.4, -0.2) is 26.8 Å². The highest BCUT2D eigenvalue weighted by Gasteiger charge is 2.19. The van der Waals surface area contributed by atoms with E-state index in [0.717, 1.165) is 11.3 Å². The number of amides is 1. The Hall–Kier alpha value is -2.63. The third kappa shape index (κ3) is 3.72. The maximum Gasteiger partial charge on any atom is 0.303 e. The summed E-state index contributed by atoms with van der Waals surface area (Å²) < 4.78 is 1.63. The minimum Gasteiger partial charge on any atom is -0.481 e. The minimum atomic E-state index is -0.882. The summed E-state index contributed by atoms with van der Waals surface area (Å²) in [4.78, 5) is 23.2. The lowest BCUT2D eigenvalue weighted by atomic mass is 10.0. The van der Waals surface area contributed by atoms with Gasteiger partial charge < -0.3 is 10.4 Å². The summed E-state index contributed by atoms with van der Waals surface area (Å²) in [5, 5.41) is 15.8. The predicted molar refractivity (Wildman–Crippen MR) is 81.5 cm³/mol. The fraction of sp³-hybridized carbons (Fsp3) is 0.312. The Morgan fingerprint density at radius 2 is 2.00 bits per heavy atom. The number of carboxylic acids is 1. The van der Waals surface area contributed by atoms with Crippen molar-refractivity contribution < 1.29 is 14.7 Å². The van der Waals surface area contributed by atoms with Gasteiger partial charge in [0.05, 0.1) is 17.8 Å². The van der Waals surface area contributed by atoms with Crippen LogP contribution in [0.1, 0.15) is 40.5 Å². The number of nitrogens with zero attached hydrogens (tertiary/aromatic N) is 2. The van der Waals surface area contributed by atoms with Crippen molar-refractivity contribution >= 4 is 11.9 Å². The lowest BCUT2D eigenvalue weighted by Crippen LogP contribution is -2.29. The molecule has 0 spiro atoms. The molecule has 0 aliphatic carbocycles. The average molecular weight is 301 g/mol. The quantitative estimate of drug-likeness (QED) is 0.855. The molecule has 1 unspecified atom stereocenters. The molecule has 1 aromatic carbocycles. The first kappa shape index (κ1) is 15.8. The van der Waals surface area contributed by atoms with Crippen LogP contribution in [0.3, 0.4) is 0 Å². The maximum atomic E-state index is 12.4. The lowest BCUT2D eigenvalue weighted by Gasteiger charge is -2.18. The van der Waals surface area contributed by atoms with E-state index < -0.39 is 5.97 Å². The van der Waals surface area contributed by atoms with Crippen molar-refractivity contribution in [2.24, 2.45) is 7.05 Å². The van der Waals surface area contributed by atoms with Crippen molar-refractivity contribution in [3.8, 4) is 0 Å². The van der Waals surface area contributed by atoms with Crippen molar-refractivity contribution in [1.29, 1.82) is 0 Å². The number of benzene rings is 1. The van der Waals surface area contributed by atoms with Crippen LogP contribution in [0.25, 0.3) is 0 Å². The Bertz CT molecular complexity index is 665. The smallest absolute Gasteiger partial charge is 0.303 e. The van der Waals surface area contributed by atoms with E-state index in [1.54, 1.807) is 11.7 Å². The number of carbonyl (C=O) groups excluding carboxylic acids is 1. The predicted octanol–water partition coefficient (Wildman–Crippen LogP) is 2.06. The molecule has 1 amide bonds. The molecule has 2 aromatic rings. The van der Waals surface area contributed by atoms with Gasteiger partial charge in [0.1, 0.15) is 0 Å². The van der Waals surface area contributed by atoms with Crippen molar-refractivity contribution in [3.05, 3.63) is 53.3 Å². The monoisotopic (exact) mass is 301 g/mol. The summed E-state index contributed by atoms with van der Waals surface area (Å²) in [6.07, 6.45) is 1.85. The van der Waals surface area contributed by atoms with Gasteiger partial charge in [0, 0.05) is 19.2 Å². The van der Waals surface area contributed by atoms with Gasteiger partial charge in [-0.15, -0.1) is 0 Å². The van der Waals surface area contributed by atoms with E-state index >= 15 is 0 Å². The highest BCUT2D eigenvalue weighted by molar-refractivity contribution is 5.95. The molecule has 22 heavy (non-hydrogen) atoms. The maximum absolute atomic E-state index is 12.4. The van der Waals surface area contributed by atoms with Crippen LogP contribution < -0.4 is 5.32 Å². The first-order valence-electron chi connectivity index (χ1n) is 7.05. The highest BCUT2D eigenvalue weighted by atomic mass is 16.4. The van der Waals surface area contributed by atoms with Crippen LogP contribution in [0.15, 0.2) is 36.5 Å². The van der Waals surface area contributed by atoms with E-state index in [4.69, 9.17) is 5.11 Å². The fourth-order valence-corrected chi connectivity index (χ4v) is 2.23. The zero-order valence-electron chi connectivity index (χ0n) is 12.6. The number of hydrogen-bond donors (Lipinski definition) is 2. The number of nitrogens with one attached hydrogen (secondary N) is 1. The minimum absolute atomic E-state index is 0.00807. The molecule has 0 saturated carbocycles. The zero-order valence-corrected chi connectivity index (χ0v) is 12.6. The molecule has 0 aliphatic heterocycles. The highest BCUT2D eigenvalue weighted by Crippen LogP contribution is 2.19. The van der Waals surface area contributed by atoms with E-state index in [-0.39, 0.29) is 18.4 Å². The molecule has 0 bridgehead atoms. The number of hydrogen-bond acceptors (Lipinski definition) is 3. The van der Waals surface area contributed by atoms with Gasteiger partial charge in [-0.05, 0) is 18.9 Å². The SMILES string of the molecule is Cc1c(C(=O)NC(CCC(=O)O)c2ccccc2)cnn1C. The lowest BCUT2D eigenvalue weighted by molar-refractivity contribution is -0.137. The third-order valence-corrected chi connectivity index (χ3v) is 3.63. The Balaban J connectivity index is 2.17. The van der Waals surface area contributed by atoms with Crippen molar-refractivity contribution in [2.45, 2.75) is 25.8 Å². The topological polar surface area (TPSA) is 84.2 Å².